The van der Waals surface area contributed by atoms with E-state index in [1.54, 1.807) is 0 Å². The van der Waals surface area contributed by atoms with E-state index in [-0.39, 0.29) is 11.6 Å². The van der Waals surface area contributed by atoms with Crippen LogP contribution in [0.15, 0.2) is 53.4 Å². The Morgan fingerprint density at radius 1 is 1.04 bits per heavy atom. The SMILES string of the molecule is CCc1ccc([C@@H](C)NC(=O)c2ccc(S(=O)(=O)C(F)F)cc2)cc1. The number of aryl methyl sites for hydroxylation is 1. The second kappa shape index (κ2) is 7.74. The van der Waals surface area contributed by atoms with Gasteiger partial charge in [0.1, 0.15) is 0 Å². The first-order chi connectivity index (χ1) is 11.8. The molecule has 134 valence electrons. The van der Waals surface area contributed by atoms with E-state index in [4.69, 9.17) is 0 Å². The maximum absolute atomic E-state index is 12.5. The summed E-state index contributed by atoms with van der Waals surface area (Å²) in [6.45, 7) is 3.88. The summed E-state index contributed by atoms with van der Waals surface area (Å²) in [7, 11) is -4.66. The van der Waals surface area contributed by atoms with Crippen LogP contribution in [-0.4, -0.2) is 20.1 Å². The molecule has 0 saturated heterocycles. The predicted molar refractivity (Wildman–Crippen MR) is 91.3 cm³/mol. The van der Waals surface area contributed by atoms with Crippen molar-refractivity contribution in [2.24, 2.45) is 0 Å². The number of carbonyl (C=O) groups excluding carboxylic acids is 1. The van der Waals surface area contributed by atoms with Crippen molar-refractivity contribution in [3.8, 4) is 0 Å². The number of sulfone groups is 1. The molecule has 2 aromatic carbocycles. The Morgan fingerprint density at radius 3 is 2.08 bits per heavy atom. The fourth-order valence-electron chi connectivity index (χ4n) is 2.30. The molecule has 0 unspecified atom stereocenters. The third-order valence-electron chi connectivity index (χ3n) is 3.92. The molecule has 1 N–H and O–H groups in total. The zero-order valence-electron chi connectivity index (χ0n) is 13.9. The molecule has 0 radical (unpaired) electrons. The smallest absolute Gasteiger partial charge is 0.341 e. The van der Waals surface area contributed by atoms with E-state index in [0.717, 1.165) is 24.1 Å². The second-order valence-electron chi connectivity index (χ2n) is 5.62. The molecule has 0 saturated carbocycles. The van der Waals surface area contributed by atoms with E-state index in [1.165, 1.54) is 17.7 Å². The minimum Gasteiger partial charge on any atom is -0.346 e. The topological polar surface area (TPSA) is 63.2 Å². The first kappa shape index (κ1) is 19.1. The molecule has 0 fully saturated rings. The van der Waals surface area contributed by atoms with Crippen LogP contribution in [-0.2, 0) is 16.3 Å². The normalized spacial score (nSPS) is 12.8. The van der Waals surface area contributed by atoms with Crippen LogP contribution < -0.4 is 5.32 Å². The van der Waals surface area contributed by atoms with Crippen molar-refractivity contribution in [1.29, 1.82) is 0 Å². The molecule has 2 aromatic rings. The Hall–Kier alpha value is -2.28. The van der Waals surface area contributed by atoms with E-state index in [2.05, 4.69) is 12.2 Å². The van der Waals surface area contributed by atoms with Crippen LogP contribution in [0.1, 0.15) is 41.4 Å². The Labute approximate surface area is 145 Å². The average Bonchev–Trinajstić information content (AvgIpc) is 2.61. The van der Waals surface area contributed by atoms with Crippen molar-refractivity contribution in [3.05, 3.63) is 65.2 Å². The van der Waals surface area contributed by atoms with Crippen LogP contribution in [0, 0.1) is 0 Å². The van der Waals surface area contributed by atoms with Gasteiger partial charge in [0.05, 0.1) is 10.9 Å². The fourth-order valence-corrected chi connectivity index (χ4v) is 3.03. The lowest BCUT2D eigenvalue weighted by Crippen LogP contribution is -2.26. The van der Waals surface area contributed by atoms with Gasteiger partial charge in [0.2, 0.25) is 9.84 Å². The van der Waals surface area contributed by atoms with Crippen molar-refractivity contribution < 1.29 is 22.0 Å². The van der Waals surface area contributed by atoms with Gasteiger partial charge in [-0.15, -0.1) is 0 Å². The second-order valence-corrected chi connectivity index (χ2v) is 7.54. The lowest BCUT2D eigenvalue weighted by Gasteiger charge is -2.15. The zero-order valence-corrected chi connectivity index (χ0v) is 14.7. The number of amides is 1. The predicted octanol–water partition coefficient (Wildman–Crippen LogP) is 3.74. The Bertz CT molecular complexity index is 832. The van der Waals surface area contributed by atoms with Gasteiger partial charge in [-0.3, -0.25) is 4.79 Å². The van der Waals surface area contributed by atoms with Crippen molar-refractivity contribution >= 4 is 15.7 Å². The molecule has 0 aliphatic heterocycles. The van der Waals surface area contributed by atoms with Gasteiger partial charge in [-0.05, 0) is 48.7 Å². The van der Waals surface area contributed by atoms with Crippen molar-refractivity contribution in [3.63, 3.8) is 0 Å². The summed E-state index contributed by atoms with van der Waals surface area (Å²) in [6.07, 6.45) is 0.925. The van der Waals surface area contributed by atoms with Crippen LogP contribution in [0.2, 0.25) is 0 Å². The maximum atomic E-state index is 12.5. The molecular formula is C18H19F2NO3S. The molecule has 1 atom stereocenters. The van der Waals surface area contributed by atoms with Crippen LogP contribution in [0.3, 0.4) is 0 Å². The van der Waals surface area contributed by atoms with Gasteiger partial charge in [0, 0.05) is 5.56 Å². The standard InChI is InChI=1S/C18H19F2NO3S/c1-3-13-4-6-14(7-5-13)12(2)21-17(22)15-8-10-16(11-9-15)25(23,24)18(19)20/h4-12,18H,3H2,1-2H3,(H,21,22)/t12-/m1/s1. The molecule has 0 aromatic heterocycles. The zero-order chi connectivity index (χ0) is 18.6. The van der Waals surface area contributed by atoms with Gasteiger partial charge in [-0.25, -0.2) is 8.42 Å². The average molecular weight is 367 g/mol. The number of halogens is 2. The summed E-state index contributed by atoms with van der Waals surface area (Å²) in [4.78, 5) is 11.7. The van der Waals surface area contributed by atoms with E-state index in [9.17, 15) is 22.0 Å². The van der Waals surface area contributed by atoms with Crippen LogP contribution in [0.4, 0.5) is 8.78 Å². The highest BCUT2D eigenvalue weighted by atomic mass is 32.2. The number of hydrogen-bond donors (Lipinski definition) is 1. The third-order valence-corrected chi connectivity index (χ3v) is 5.31. The summed E-state index contributed by atoms with van der Waals surface area (Å²) in [6, 6.07) is 12.1. The summed E-state index contributed by atoms with van der Waals surface area (Å²) >= 11 is 0. The molecule has 2 rings (SSSR count). The molecule has 1 amide bonds. The molecule has 0 aliphatic carbocycles. The highest BCUT2D eigenvalue weighted by Crippen LogP contribution is 2.19. The minimum atomic E-state index is -4.66. The molecule has 0 heterocycles. The summed E-state index contributed by atoms with van der Waals surface area (Å²) in [5.74, 6) is -3.90. The number of hydrogen-bond acceptors (Lipinski definition) is 3. The largest absolute Gasteiger partial charge is 0.346 e. The van der Waals surface area contributed by atoms with Crippen LogP contribution >= 0.6 is 0 Å². The molecule has 25 heavy (non-hydrogen) atoms. The van der Waals surface area contributed by atoms with E-state index in [0.29, 0.717) is 0 Å². The van der Waals surface area contributed by atoms with Crippen LogP contribution in [0.5, 0.6) is 0 Å². The number of nitrogens with one attached hydrogen (secondary N) is 1. The summed E-state index contributed by atoms with van der Waals surface area (Å²) < 4.78 is 47.8. The quantitative estimate of drug-likeness (QED) is 0.846. The van der Waals surface area contributed by atoms with Gasteiger partial charge < -0.3 is 5.32 Å². The molecule has 7 heteroatoms. The van der Waals surface area contributed by atoms with Crippen molar-refractivity contribution in [2.45, 2.75) is 37.0 Å². The molecule has 0 aliphatic rings. The monoisotopic (exact) mass is 367 g/mol. The fraction of sp³-hybridized carbons (Fsp3) is 0.278. The summed E-state index contributed by atoms with van der Waals surface area (Å²) in [5, 5.41) is 2.79. The molecule has 0 spiro atoms. The van der Waals surface area contributed by atoms with Crippen molar-refractivity contribution in [1.82, 2.24) is 5.32 Å². The molecule has 0 bridgehead atoms. The van der Waals surface area contributed by atoms with Gasteiger partial charge in [-0.2, -0.15) is 8.78 Å². The lowest BCUT2D eigenvalue weighted by atomic mass is 10.0. The van der Waals surface area contributed by atoms with E-state index in [1.807, 2.05) is 31.2 Å². The van der Waals surface area contributed by atoms with Crippen molar-refractivity contribution in [2.75, 3.05) is 0 Å². The summed E-state index contributed by atoms with van der Waals surface area (Å²) in [5.41, 5.74) is 2.32. The number of rotatable bonds is 6. The first-order valence-electron chi connectivity index (χ1n) is 7.77. The molecular weight excluding hydrogens is 348 g/mol. The first-order valence-corrected chi connectivity index (χ1v) is 9.32. The highest BCUT2D eigenvalue weighted by molar-refractivity contribution is 7.91. The minimum absolute atomic E-state index is 0.199. The van der Waals surface area contributed by atoms with Gasteiger partial charge >= 0.3 is 5.76 Å². The van der Waals surface area contributed by atoms with Gasteiger partial charge in [0.25, 0.3) is 5.91 Å². The molecule has 4 nitrogen and oxygen atoms in total. The number of carbonyl (C=O) groups is 1. The Kier molecular flexibility index (Phi) is 5.89. The third kappa shape index (κ3) is 4.42. The lowest BCUT2D eigenvalue weighted by molar-refractivity contribution is 0.0940. The highest BCUT2D eigenvalue weighted by Gasteiger charge is 2.26. The van der Waals surface area contributed by atoms with E-state index < -0.39 is 26.4 Å². The van der Waals surface area contributed by atoms with Crippen LogP contribution in [0.25, 0.3) is 0 Å². The Morgan fingerprint density at radius 2 is 1.60 bits per heavy atom. The maximum Gasteiger partial charge on any atom is 0.341 e. The van der Waals surface area contributed by atoms with E-state index >= 15 is 0 Å². The number of benzene rings is 2. The van der Waals surface area contributed by atoms with Gasteiger partial charge in [0.15, 0.2) is 0 Å². The number of alkyl halides is 2. The Balaban J connectivity index is 2.10. The van der Waals surface area contributed by atoms with Gasteiger partial charge in [-0.1, -0.05) is 31.2 Å².